The molecule has 0 radical (unpaired) electrons. The highest BCUT2D eigenvalue weighted by Gasteiger charge is 2.57. The molecule has 6 atom stereocenters. The Morgan fingerprint density at radius 1 is 1.06 bits per heavy atom. The van der Waals surface area contributed by atoms with Gasteiger partial charge in [-0.3, -0.25) is 0 Å². The zero-order chi connectivity index (χ0) is 23.5. The standard InChI is InChI=1S/C31H39N3/c1-5-19-33(6-2)23-15-17-30(3)22(20-23)11-12-24-25-13-14-29(31(25,4)18-16-26(24)30)34-21-32-27-9-7-8-10-28(27)34/h5-11,14,19,21,23-26H,2,12-13,15-18,20H2,1,3-4H3/b19-5-/t23?,24?,25?,26?,30-,31?/m0/s1. The second-order valence-corrected chi connectivity index (χ2v) is 11.7. The van der Waals surface area contributed by atoms with E-state index in [9.17, 15) is 0 Å². The number of benzene rings is 1. The van der Waals surface area contributed by atoms with Crippen molar-refractivity contribution in [2.45, 2.75) is 71.8 Å². The summed E-state index contributed by atoms with van der Waals surface area (Å²) in [6.07, 6.45) is 22.5. The maximum Gasteiger partial charge on any atom is 0.100 e. The van der Waals surface area contributed by atoms with Gasteiger partial charge in [0.2, 0.25) is 0 Å². The second kappa shape index (κ2) is 8.00. The molecule has 3 heteroatoms. The SMILES string of the molecule is C=CN(/C=C\C)C1CC[C@@]2(C)C(=CCC3C4CC=C(n5cnc6ccccc65)C4(C)CCC32)C1. The summed E-state index contributed by atoms with van der Waals surface area (Å²) in [5.74, 6) is 2.35. The molecule has 0 amide bonds. The van der Waals surface area contributed by atoms with Gasteiger partial charge in [0.25, 0.3) is 0 Å². The number of rotatable bonds is 4. The van der Waals surface area contributed by atoms with Crippen molar-refractivity contribution in [2.24, 2.45) is 28.6 Å². The number of hydrogen-bond donors (Lipinski definition) is 0. The van der Waals surface area contributed by atoms with Crippen molar-refractivity contribution >= 4 is 16.7 Å². The smallest absolute Gasteiger partial charge is 0.100 e. The van der Waals surface area contributed by atoms with Gasteiger partial charge in [-0.25, -0.2) is 4.98 Å². The van der Waals surface area contributed by atoms with Crippen molar-refractivity contribution in [3.8, 4) is 0 Å². The molecule has 3 nitrogen and oxygen atoms in total. The molecule has 0 bridgehead atoms. The molecular formula is C31H39N3. The third-order valence-corrected chi connectivity index (χ3v) is 10.3. The molecule has 0 N–H and O–H groups in total. The van der Waals surface area contributed by atoms with Crippen molar-refractivity contribution in [3.63, 3.8) is 0 Å². The molecule has 5 unspecified atom stereocenters. The first-order chi connectivity index (χ1) is 16.5. The highest BCUT2D eigenvalue weighted by atomic mass is 15.1. The Bertz CT molecular complexity index is 1200. The summed E-state index contributed by atoms with van der Waals surface area (Å²) in [7, 11) is 0. The average Bonchev–Trinajstić information content (AvgIpc) is 3.42. The lowest BCUT2D eigenvalue weighted by Gasteiger charge is -2.58. The normalized spacial score (nSPS) is 37.0. The van der Waals surface area contributed by atoms with Crippen molar-refractivity contribution in [1.82, 2.24) is 14.5 Å². The van der Waals surface area contributed by atoms with E-state index in [1.807, 2.05) is 6.20 Å². The lowest BCUT2D eigenvalue weighted by atomic mass is 9.47. The van der Waals surface area contributed by atoms with Crippen LogP contribution in [0.2, 0.25) is 0 Å². The Morgan fingerprint density at radius 3 is 2.71 bits per heavy atom. The number of para-hydroxylation sites is 2. The fourth-order valence-electron chi connectivity index (χ4n) is 8.47. The minimum atomic E-state index is 0.245. The van der Waals surface area contributed by atoms with Gasteiger partial charge >= 0.3 is 0 Å². The molecule has 0 spiro atoms. The van der Waals surface area contributed by atoms with E-state index in [4.69, 9.17) is 4.98 Å². The van der Waals surface area contributed by atoms with Crippen LogP contribution in [-0.4, -0.2) is 20.5 Å². The van der Waals surface area contributed by atoms with Crippen molar-refractivity contribution in [3.05, 3.63) is 73.4 Å². The van der Waals surface area contributed by atoms with Gasteiger partial charge in [-0.2, -0.15) is 0 Å². The number of nitrogens with zero attached hydrogens (tertiary/aromatic N) is 3. The summed E-state index contributed by atoms with van der Waals surface area (Å²) in [5, 5.41) is 0. The van der Waals surface area contributed by atoms with Gasteiger partial charge in [0.15, 0.2) is 0 Å². The highest BCUT2D eigenvalue weighted by molar-refractivity contribution is 5.80. The van der Waals surface area contributed by atoms with Gasteiger partial charge in [0, 0.05) is 17.2 Å². The van der Waals surface area contributed by atoms with E-state index in [1.165, 1.54) is 56.2 Å². The van der Waals surface area contributed by atoms with Gasteiger partial charge < -0.3 is 9.47 Å². The molecule has 1 heterocycles. The van der Waals surface area contributed by atoms with Crippen molar-refractivity contribution < 1.29 is 0 Å². The lowest BCUT2D eigenvalue weighted by Crippen LogP contribution is -2.50. The molecule has 2 saturated carbocycles. The third-order valence-electron chi connectivity index (χ3n) is 10.3. The number of fused-ring (bicyclic) bond motifs is 6. The van der Waals surface area contributed by atoms with Gasteiger partial charge in [-0.15, -0.1) is 0 Å². The first-order valence-electron chi connectivity index (χ1n) is 13.3. The van der Waals surface area contributed by atoms with Crippen LogP contribution in [0.15, 0.2) is 73.4 Å². The van der Waals surface area contributed by atoms with E-state index in [2.05, 4.69) is 91.8 Å². The maximum atomic E-state index is 4.72. The first-order valence-corrected chi connectivity index (χ1v) is 13.3. The summed E-state index contributed by atoms with van der Waals surface area (Å²) in [6.45, 7) is 11.3. The topological polar surface area (TPSA) is 21.1 Å². The zero-order valence-corrected chi connectivity index (χ0v) is 21.1. The van der Waals surface area contributed by atoms with Crippen LogP contribution in [0.1, 0.15) is 65.7 Å². The van der Waals surface area contributed by atoms with Crippen LogP contribution < -0.4 is 0 Å². The van der Waals surface area contributed by atoms with Gasteiger partial charge in [0.05, 0.1) is 11.0 Å². The highest BCUT2D eigenvalue weighted by Crippen LogP contribution is 2.65. The van der Waals surface area contributed by atoms with E-state index < -0.39 is 0 Å². The van der Waals surface area contributed by atoms with Crippen LogP contribution in [-0.2, 0) is 0 Å². The van der Waals surface area contributed by atoms with Crippen LogP contribution >= 0.6 is 0 Å². The third kappa shape index (κ3) is 3.05. The number of hydrogen-bond acceptors (Lipinski definition) is 2. The predicted molar refractivity (Wildman–Crippen MR) is 142 cm³/mol. The van der Waals surface area contributed by atoms with E-state index in [0.717, 1.165) is 23.3 Å². The first kappa shape index (κ1) is 21.9. The quantitative estimate of drug-likeness (QED) is 0.440. The average molecular weight is 454 g/mol. The lowest BCUT2D eigenvalue weighted by molar-refractivity contribution is -0.0163. The minimum absolute atomic E-state index is 0.245. The van der Waals surface area contributed by atoms with Crippen LogP contribution in [0, 0.1) is 28.6 Å². The van der Waals surface area contributed by atoms with Crippen LogP contribution in [0.5, 0.6) is 0 Å². The molecule has 1 aromatic carbocycles. The molecule has 1 aromatic heterocycles. The molecule has 0 aliphatic heterocycles. The Hall–Kier alpha value is -2.55. The van der Waals surface area contributed by atoms with Gasteiger partial charge in [-0.1, -0.05) is 56.4 Å². The number of aromatic nitrogens is 2. The molecular weight excluding hydrogens is 414 g/mol. The van der Waals surface area contributed by atoms with Crippen molar-refractivity contribution in [2.75, 3.05) is 0 Å². The number of imidazole rings is 1. The molecule has 34 heavy (non-hydrogen) atoms. The summed E-state index contributed by atoms with van der Waals surface area (Å²) in [4.78, 5) is 7.06. The minimum Gasteiger partial charge on any atom is -0.352 e. The monoisotopic (exact) mass is 453 g/mol. The van der Waals surface area contributed by atoms with E-state index in [-0.39, 0.29) is 5.41 Å². The van der Waals surface area contributed by atoms with E-state index >= 15 is 0 Å². The molecule has 4 aliphatic rings. The summed E-state index contributed by atoms with van der Waals surface area (Å²) in [6, 6.07) is 9.15. The molecule has 4 aliphatic carbocycles. The van der Waals surface area contributed by atoms with E-state index in [0.29, 0.717) is 11.5 Å². The summed E-state index contributed by atoms with van der Waals surface area (Å²) < 4.78 is 2.40. The van der Waals surface area contributed by atoms with Gasteiger partial charge in [-0.05, 0) is 99.6 Å². The molecule has 178 valence electrons. The van der Waals surface area contributed by atoms with Gasteiger partial charge in [0.1, 0.15) is 6.33 Å². The van der Waals surface area contributed by atoms with Crippen LogP contribution in [0.3, 0.4) is 0 Å². The maximum absolute atomic E-state index is 4.72. The Kier molecular flexibility index (Phi) is 5.17. The Morgan fingerprint density at radius 2 is 1.88 bits per heavy atom. The fourth-order valence-corrected chi connectivity index (χ4v) is 8.47. The van der Waals surface area contributed by atoms with Crippen molar-refractivity contribution in [1.29, 1.82) is 0 Å². The van der Waals surface area contributed by atoms with E-state index in [1.54, 1.807) is 5.57 Å². The van der Waals surface area contributed by atoms with Crippen LogP contribution in [0.4, 0.5) is 0 Å². The van der Waals surface area contributed by atoms with Crippen LogP contribution in [0.25, 0.3) is 16.7 Å². The molecule has 0 saturated heterocycles. The summed E-state index contributed by atoms with van der Waals surface area (Å²) in [5.41, 5.74) is 6.20. The molecule has 2 fully saturated rings. The largest absolute Gasteiger partial charge is 0.352 e. The zero-order valence-electron chi connectivity index (χ0n) is 21.1. The fraction of sp³-hybridized carbons (Fsp3) is 0.516. The Labute approximate surface area is 204 Å². The summed E-state index contributed by atoms with van der Waals surface area (Å²) >= 11 is 0. The molecule has 2 aromatic rings. The Balaban J connectivity index is 1.28. The second-order valence-electron chi connectivity index (χ2n) is 11.7. The predicted octanol–water partition coefficient (Wildman–Crippen LogP) is 7.80. The number of allylic oxidation sites excluding steroid dienone is 4. The molecule has 6 rings (SSSR count).